The molecule has 0 aromatic rings. The topological polar surface area (TPSA) is 68.2 Å². The normalized spacial score (nSPS) is 36.5. The van der Waals surface area contributed by atoms with Crippen molar-refractivity contribution in [3.8, 4) is 0 Å². The van der Waals surface area contributed by atoms with Crippen molar-refractivity contribution in [1.82, 2.24) is 4.90 Å². The molecule has 34 heavy (non-hydrogen) atoms. The monoisotopic (exact) mass is 501 g/mol. The summed E-state index contributed by atoms with van der Waals surface area (Å²) in [7, 11) is -3.50. The molecule has 3 aliphatic rings. The van der Waals surface area contributed by atoms with Crippen LogP contribution in [-0.4, -0.2) is 67.3 Å². The number of β-amino-alcohol motifs (C(OH)–C–C–N with tert-alkyl or cyclic N) is 1. The second-order valence-corrected chi connectivity index (χ2v) is 14.3. The Hall–Kier alpha value is 0.0300. The third-order valence-corrected chi connectivity index (χ3v) is 10.6. The first-order valence-electron chi connectivity index (χ1n) is 14.0. The minimum Gasteiger partial charge on any atom is -0.391 e. The van der Waals surface area contributed by atoms with E-state index in [-0.39, 0.29) is 18.4 Å². The number of aliphatic hydroxyl groups excluding tert-OH is 1. The van der Waals surface area contributed by atoms with Gasteiger partial charge in [-0.25, -0.2) is 0 Å². The van der Waals surface area contributed by atoms with E-state index in [4.69, 9.17) is 13.8 Å². The van der Waals surface area contributed by atoms with Crippen LogP contribution >= 0.6 is 7.60 Å². The first-order valence-corrected chi connectivity index (χ1v) is 15.7. The molecule has 2 aliphatic carbocycles. The Balaban J connectivity index is 1.78. The second kappa shape index (κ2) is 13.0. The minimum absolute atomic E-state index is 0.0660. The molecule has 0 spiro atoms. The van der Waals surface area contributed by atoms with Crippen molar-refractivity contribution in [3.63, 3.8) is 0 Å². The zero-order chi connectivity index (χ0) is 24.9. The fourth-order valence-corrected chi connectivity index (χ4v) is 8.56. The van der Waals surface area contributed by atoms with E-state index in [0.29, 0.717) is 55.3 Å². The smallest absolute Gasteiger partial charge is 0.333 e. The molecule has 200 valence electrons. The molecule has 3 rings (SSSR count). The summed E-state index contributed by atoms with van der Waals surface area (Å²) in [5.74, 6) is 2.84. The van der Waals surface area contributed by atoms with Gasteiger partial charge < -0.3 is 18.9 Å². The number of aliphatic hydroxyl groups is 1. The maximum atomic E-state index is 14.5. The molecule has 1 heterocycles. The Morgan fingerprint density at radius 1 is 0.882 bits per heavy atom. The van der Waals surface area contributed by atoms with E-state index >= 15 is 0 Å². The quantitative estimate of drug-likeness (QED) is 0.380. The molecule has 8 atom stereocenters. The molecule has 0 bridgehead atoms. The van der Waals surface area contributed by atoms with E-state index in [0.717, 1.165) is 38.8 Å². The van der Waals surface area contributed by atoms with Crippen LogP contribution in [0.25, 0.3) is 0 Å². The zero-order valence-corrected chi connectivity index (χ0v) is 23.6. The second-order valence-electron chi connectivity index (χ2n) is 12.3. The van der Waals surface area contributed by atoms with Gasteiger partial charge in [0.05, 0.1) is 37.7 Å². The van der Waals surface area contributed by atoms with Gasteiger partial charge in [0.25, 0.3) is 0 Å². The number of nitrogens with zero attached hydrogens (tertiary/aromatic N) is 1. The Bertz CT molecular complexity index is 615. The van der Waals surface area contributed by atoms with Crippen LogP contribution in [0.15, 0.2) is 0 Å². The fraction of sp³-hybridized carbons (Fsp3) is 1.00. The highest BCUT2D eigenvalue weighted by Crippen LogP contribution is 2.56. The predicted molar refractivity (Wildman–Crippen MR) is 138 cm³/mol. The lowest BCUT2D eigenvalue weighted by molar-refractivity contribution is -0.00900. The van der Waals surface area contributed by atoms with E-state index in [1.54, 1.807) is 0 Å². The lowest BCUT2D eigenvalue weighted by Gasteiger charge is -2.42. The van der Waals surface area contributed by atoms with Crippen molar-refractivity contribution in [1.29, 1.82) is 0 Å². The standard InChI is InChI=1S/C27H52NO5P/c1-19(2)24-9-7-21(5)15-26(24)32-34(30,18-23(29)17-28-11-13-31-14-12-28)33-27-16-22(6)8-10-25(27)20(3)4/h19-27,29H,7-18H2,1-6H3/t21-,22+,23-,24-,25+,26-,27-,34?/m1/s1. The number of rotatable bonds is 10. The van der Waals surface area contributed by atoms with Crippen molar-refractivity contribution in [2.24, 2.45) is 35.5 Å². The van der Waals surface area contributed by atoms with Gasteiger partial charge in [-0.05, 0) is 61.2 Å². The molecule has 3 fully saturated rings. The molecule has 1 aliphatic heterocycles. The predicted octanol–water partition coefficient (Wildman–Crippen LogP) is 5.83. The van der Waals surface area contributed by atoms with Crippen molar-refractivity contribution < 1.29 is 23.5 Å². The Kier molecular flexibility index (Phi) is 10.9. The van der Waals surface area contributed by atoms with E-state index in [2.05, 4.69) is 46.4 Å². The molecule has 1 N–H and O–H groups in total. The maximum absolute atomic E-state index is 14.5. The van der Waals surface area contributed by atoms with Crippen LogP contribution in [0, 0.1) is 35.5 Å². The van der Waals surface area contributed by atoms with Gasteiger partial charge in [-0.15, -0.1) is 0 Å². The summed E-state index contributed by atoms with van der Waals surface area (Å²) in [5, 5.41) is 11.0. The summed E-state index contributed by atoms with van der Waals surface area (Å²) >= 11 is 0. The van der Waals surface area contributed by atoms with E-state index in [1.165, 1.54) is 12.8 Å². The highest BCUT2D eigenvalue weighted by molar-refractivity contribution is 7.53. The lowest BCUT2D eigenvalue weighted by atomic mass is 9.75. The van der Waals surface area contributed by atoms with Gasteiger partial charge in [-0.2, -0.15) is 0 Å². The Labute approximate surface area is 209 Å². The minimum atomic E-state index is -3.50. The van der Waals surface area contributed by atoms with Gasteiger partial charge in [0.1, 0.15) is 0 Å². The SMILES string of the molecule is CC(C)[C@H]1CC[C@@H](C)C[C@H]1OP(=O)(C[C@H](O)CN1CCOCC1)O[C@@H]1C[C@@H](C)CC[C@H]1C(C)C. The van der Waals surface area contributed by atoms with Crippen LogP contribution in [0.3, 0.4) is 0 Å². The fourth-order valence-electron chi connectivity index (χ4n) is 6.39. The van der Waals surface area contributed by atoms with Crippen LogP contribution < -0.4 is 0 Å². The van der Waals surface area contributed by atoms with Gasteiger partial charge in [0.15, 0.2) is 0 Å². The largest absolute Gasteiger partial charge is 0.391 e. The van der Waals surface area contributed by atoms with Crippen LogP contribution in [0.2, 0.25) is 0 Å². The molecule has 0 aromatic carbocycles. The Morgan fingerprint density at radius 2 is 1.35 bits per heavy atom. The van der Waals surface area contributed by atoms with E-state index in [1.807, 2.05) is 0 Å². The molecular weight excluding hydrogens is 449 g/mol. The summed E-state index contributed by atoms with van der Waals surface area (Å²) in [6.07, 6.45) is 5.66. The van der Waals surface area contributed by atoms with Gasteiger partial charge in [-0.1, -0.05) is 54.4 Å². The third-order valence-electron chi connectivity index (χ3n) is 8.52. The number of hydrogen-bond acceptors (Lipinski definition) is 6. The highest BCUT2D eigenvalue weighted by Gasteiger charge is 2.43. The lowest BCUT2D eigenvalue weighted by Crippen LogP contribution is -2.42. The molecule has 0 amide bonds. The Morgan fingerprint density at radius 3 is 1.79 bits per heavy atom. The molecule has 2 saturated carbocycles. The van der Waals surface area contributed by atoms with Crippen molar-refractivity contribution >= 4 is 7.60 Å². The van der Waals surface area contributed by atoms with Gasteiger partial charge in [0, 0.05) is 19.6 Å². The van der Waals surface area contributed by atoms with Gasteiger partial charge in [0.2, 0.25) is 0 Å². The van der Waals surface area contributed by atoms with Gasteiger partial charge in [-0.3, -0.25) is 9.46 Å². The first-order chi connectivity index (χ1) is 16.1. The molecule has 7 heteroatoms. The number of ether oxygens (including phenoxy) is 1. The highest BCUT2D eigenvalue weighted by atomic mass is 31.2. The average Bonchev–Trinajstić information content (AvgIpc) is 2.73. The first kappa shape index (κ1) is 28.6. The van der Waals surface area contributed by atoms with Crippen molar-refractivity contribution in [3.05, 3.63) is 0 Å². The van der Waals surface area contributed by atoms with E-state index in [9.17, 15) is 9.67 Å². The van der Waals surface area contributed by atoms with Crippen LogP contribution in [0.5, 0.6) is 0 Å². The van der Waals surface area contributed by atoms with Crippen LogP contribution in [0.1, 0.15) is 80.1 Å². The van der Waals surface area contributed by atoms with Gasteiger partial charge >= 0.3 is 7.60 Å². The molecular formula is C27H52NO5P. The maximum Gasteiger partial charge on any atom is 0.333 e. The van der Waals surface area contributed by atoms with Crippen LogP contribution in [0.4, 0.5) is 0 Å². The third kappa shape index (κ3) is 8.28. The van der Waals surface area contributed by atoms with E-state index < -0.39 is 13.7 Å². The summed E-state index contributed by atoms with van der Waals surface area (Å²) < 4.78 is 33.1. The average molecular weight is 502 g/mol. The molecule has 0 radical (unpaired) electrons. The van der Waals surface area contributed by atoms with Crippen molar-refractivity contribution in [2.45, 2.75) is 98.4 Å². The summed E-state index contributed by atoms with van der Waals surface area (Å²) in [6, 6.07) is 0. The van der Waals surface area contributed by atoms with Crippen molar-refractivity contribution in [2.75, 3.05) is 39.0 Å². The molecule has 0 aromatic heterocycles. The zero-order valence-electron chi connectivity index (χ0n) is 22.7. The summed E-state index contributed by atoms with van der Waals surface area (Å²) in [6.45, 7) is 17.0. The molecule has 1 saturated heterocycles. The summed E-state index contributed by atoms with van der Waals surface area (Å²) in [4.78, 5) is 2.19. The number of hydrogen-bond donors (Lipinski definition) is 1. The number of morpholine rings is 1. The molecule has 6 nitrogen and oxygen atoms in total. The molecule has 1 unspecified atom stereocenters. The summed E-state index contributed by atoms with van der Waals surface area (Å²) in [5.41, 5.74) is 0. The van der Waals surface area contributed by atoms with Crippen LogP contribution in [-0.2, 0) is 18.3 Å².